The van der Waals surface area contributed by atoms with Gasteiger partial charge in [0.05, 0.1) is 6.54 Å². The average molecular weight is 295 g/mol. The van der Waals surface area contributed by atoms with Crippen molar-refractivity contribution in [3.05, 3.63) is 22.4 Å². The number of amides is 4. The topological polar surface area (TPSA) is 78.5 Å². The number of imide groups is 1. The first-order valence-corrected chi connectivity index (χ1v) is 7.40. The van der Waals surface area contributed by atoms with Crippen LogP contribution in [0.2, 0.25) is 0 Å². The van der Waals surface area contributed by atoms with Crippen molar-refractivity contribution in [1.29, 1.82) is 0 Å². The molecule has 2 heterocycles. The number of hydrogen-bond donors (Lipinski definition) is 2. The van der Waals surface area contributed by atoms with Crippen molar-refractivity contribution < 1.29 is 14.4 Å². The minimum absolute atomic E-state index is 0.226. The highest BCUT2D eigenvalue weighted by Gasteiger charge is 2.38. The average Bonchev–Trinajstić information content (AvgIpc) is 3.01. The summed E-state index contributed by atoms with van der Waals surface area (Å²) >= 11 is 1.54. The Morgan fingerprint density at radius 1 is 1.50 bits per heavy atom. The van der Waals surface area contributed by atoms with Crippen molar-refractivity contribution in [3.8, 4) is 0 Å². The van der Waals surface area contributed by atoms with Crippen LogP contribution in [0.5, 0.6) is 0 Å². The van der Waals surface area contributed by atoms with E-state index in [4.69, 9.17) is 0 Å². The Labute approximate surface area is 121 Å². The molecule has 0 spiro atoms. The van der Waals surface area contributed by atoms with Gasteiger partial charge in [-0.2, -0.15) is 0 Å². The molecule has 1 aromatic rings. The van der Waals surface area contributed by atoms with Crippen molar-refractivity contribution in [3.63, 3.8) is 0 Å². The highest BCUT2D eigenvalue weighted by molar-refractivity contribution is 7.09. The van der Waals surface area contributed by atoms with Crippen LogP contribution in [0, 0.1) is 0 Å². The molecule has 0 radical (unpaired) electrons. The van der Waals surface area contributed by atoms with Crippen LogP contribution < -0.4 is 10.6 Å². The van der Waals surface area contributed by atoms with Gasteiger partial charge < -0.3 is 10.6 Å². The first-order chi connectivity index (χ1) is 9.61. The molecule has 1 unspecified atom stereocenters. The zero-order valence-corrected chi connectivity index (χ0v) is 12.0. The zero-order chi connectivity index (χ0) is 14.5. The van der Waals surface area contributed by atoms with Gasteiger partial charge in [0, 0.05) is 4.88 Å². The number of urea groups is 1. The third-order valence-electron chi connectivity index (χ3n) is 3.03. The Morgan fingerprint density at radius 2 is 2.30 bits per heavy atom. The van der Waals surface area contributed by atoms with Crippen LogP contribution >= 0.6 is 11.3 Å². The van der Waals surface area contributed by atoms with Crippen LogP contribution in [0.3, 0.4) is 0 Å². The highest BCUT2D eigenvalue weighted by Crippen LogP contribution is 2.11. The van der Waals surface area contributed by atoms with Crippen LogP contribution in [0.1, 0.15) is 24.6 Å². The van der Waals surface area contributed by atoms with E-state index in [-0.39, 0.29) is 18.4 Å². The van der Waals surface area contributed by atoms with E-state index in [9.17, 15) is 14.4 Å². The van der Waals surface area contributed by atoms with Crippen LogP contribution in [0.15, 0.2) is 17.5 Å². The van der Waals surface area contributed by atoms with Crippen molar-refractivity contribution >= 4 is 29.2 Å². The molecule has 1 aliphatic rings. The summed E-state index contributed by atoms with van der Waals surface area (Å²) in [6.07, 6.45) is 1.40. The Bertz CT molecular complexity index is 501. The lowest BCUT2D eigenvalue weighted by atomic mass is 10.2. The lowest BCUT2D eigenvalue weighted by Crippen LogP contribution is -2.40. The lowest BCUT2D eigenvalue weighted by molar-refractivity contribution is -0.132. The summed E-state index contributed by atoms with van der Waals surface area (Å²) in [5.74, 6) is -0.651. The molecule has 2 N–H and O–H groups in total. The second kappa shape index (κ2) is 6.51. The summed E-state index contributed by atoms with van der Waals surface area (Å²) in [6.45, 7) is 2.13. The smallest absolute Gasteiger partial charge is 0.325 e. The van der Waals surface area contributed by atoms with Crippen LogP contribution in [-0.2, 0) is 16.1 Å². The molecule has 1 saturated heterocycles. The summed E-state index contributed by atoms with van der Waals surface area (Å²) in [6, 6.07) is 2.84. The Kier molecular flexibility index (Phi) is 4.73. The molecule has 2 rings (SSSR count). The Balaban J connectivity index is 1.84. The maximum atomic E-state index is 11.9. The van der Waals surface area contributed by atoms with Crippen LogP contribution in [0.25, 0.3) is 0 Å². The first-order valence-electron chi connectivity index (χ1n) is 6.52. The number of carbonyl (C=O) groups is 3. The quantitative estimate of drug-likeness (QED) is 0.771. The number of hydrogen-bond acceptors (Lipinski definition) is 4. The zero-order valence-electron chi connectivity index (χ0n) is 11.2. The standard InChI is InChI=1S/C13H17N3O3S/c1-2-4-10-12(18)16(13(19)15-10)8-11(17)14-7-9-5-3-6-20-9/h3,5-6,10H,2,4,7-8H2,1H3,(H,14,17)(H,15,19). The van der Waals surface area contributed by atoms with E-state index in [1.807, 2.05) is 24.4 Å². The van der Waals surface area contributed by atoms with E-state index in [1.165, 1.54) is 0 Å². The maximum Gasteiger partial charge on any atom is 0.325 e. The van der Waals surface area contributed by atoms with Gasteiger partial charge in [0.15, 0.2) is 0 Å². The van der Waals surface area contributed by atoms with Gasteiger partial charge in [-0.05, 0) is 17.9 Å². The van der Waals surface area contributed by atoms with E-state index in [0.717, 1.165) is 16.2 Å². The highest BCUT2D eigenvalue weighted by atomic mass is 32.1. The van der Waals surface area contributed by atoms with Gasteiger partial charge in [-0.3, -0.25) is 14.5 Å². The van der Waals surface area contributed by atoms with E-state index in [0.29, 0.717) is 13.0 Å². The van der Waals surface area contributed by atoms with Gasteiger partial charge in [-0.15, -0.1) is 11.3 Å². The van der Waals surface area contributed by atoms with Gasteiger partial charge in [0.25, 0.3) is 5.91 Å². The molecule has 1 atom stereocenters. The molecule has 6 nitrogen and oxygen atoms in total. The first kappa shape index (κ1) is 14.5. The summed E-state index contributed by atoms with van der Waals surface area (Å²) in [5, 5.41) is 7.21. The van der Waals surface area contributed by atoms with E-state index in [1.54, 1.807) is 11.3 Å². The third kappa shape index (κ3) is 3.36. The van der Waals surface area contributed by atoms with Gasteiger partial charge in [0.1, 0.15) is 12.6 Å². The molecule has 0 aliphatic carbocycles. The van der Waals surface area contributed by atoms with E-state index >= 15 is 0 Å². The van der Waals surface area contributed by atoms with Crippen molar-refractivity contribution in [2.45, 2.75) is 32.4 Å². The number of carbonyl (C=O) groups excluding carboxylic acids is 3. The molecular weight excluding hydrogens is 278 g/mol. The fourth-order valence-electron chi connectivity index (χ4n) is 2.01. The molecule has 0 aromatic carbocycles. The summed E-state index contributed by atoms with van der Waals surface area (Å²) < 4.78 is 0. The second-order valence-electron chi connectivity index (χ2n) is 4.57. The molecule has 1 fully saturated rings. The maximum absolute atomic E-state index is 11.9. The van der Waals surface area contributed by atoms with Crippen LogP contribution in [0.4, 0.5) is 4.79 Å². The third-order valence-corrected chi connectivity index (χ3v) is 3.90. The molecular formula is C13H17N3O3S. The van der Waals surface area contributed by atoms with E-state index in [2.05, 4.69) is 10.6 Å². The fourth-order valence-corrected chi connectivity index (χ4v) is 2.65. The van der Waals surface area contributed by atoms with Crippen LogP contribution in [-0.4, -0.2) is 35.3 Å². The normalized spacial score (nSPS) is 18.2. The number of nitrogens with one attached hydrogen (secondary N) is 2. The second-order valence-corrected chi connectivity index (χ2v) is 5.60. The van der Waals surface area contributed by atoms with Crippen molar-refractivity contribution in [1.82, 2.24) is 15.5 Å². The molecule has 1 aliphatic heterocycles. The monoisotopic (exact) mass is 295 g/mol. The fraction of sp³-hybridized carbons (Fsp3) is 0.462. The lowest BCUT2D eigenvalue weighted by Gasteiger charge is -2.12. The van der Waals surface area contributed by atoms with Gasteiger partial charge in [0.2, 0.25) is 5.91 Å². The van der Waals surface area contributed by atoms with Crippen molar-refractivity contribution in [2.75, 3.05) is 6.54 Å². The Morgan fingerprint density at radius 3 is 2.95 bits per heavy atom. The molecule has 7 heteroatoms. The molecule has 20 heavy (non-hydrogen) atoms. The minimum Gasteiger partial charge on any atom is -0.350 e. The molecule has 0 saturated carbocycles. The molecule has 0 bridgehead atoms. The largest absolute Gasteiger partial charge is 0.350 e. The van der Waals surface area contributed by atoms with Gasteiger partial charge in [-0.1, -0.05) is 19.4 Å². The number of rotatable bonds is 6. The number of thiophene rings is 1. The van der Waals surface area contributed by atoms with E-state index < -0.39 is 12.1 Å². The predicted octanol–water partition coefficient (Wildman–Crippen LogP) is 1.08. The molecule has 4 amide bonds. The molecule has 108 valence electrons. The number of nitrogens with zero attached hydrogens (tertiary/aromatic N) is 1. The van der Waals surface area contributed by atoms with Crippen molar-refractivity contribution in [2.24, 2.45) is 0 Å². The van der Waals surface area contributed by atoms with Gasteiger partial charge in [-0.25, -0.2) is 4.79 Å². The van der Waals surface area contributed by atoms with Gasteiger partial charge >= 0.3 is 6.03 Å². The SMILES string of the molecule is CCCC1NC(=O)N(CC(=O)NCc2cccs2)C1=O. The summed E-state index contributed by atoms with van der Waals surface area (Å²) in [5.41, 5.74) is 0. The minimum atomic E-state index is -0.488. The summed E-state index contributed by atoms with van der Waals surface area (Å²) in [4.78, 5) is 37.4. The Hall–Kier alpha value is -1.89. The summed E-state index contributed by atoms with van der Waals surface area (Å²) in [7, 11) is 0. The molecule has 1 aromatic heterocycles. The predicted molar refractivity (Wildman–Crippen MR) is 75.1 cm³/mol.